The molecule has 0 saturated carbocycles. The fourth-order valence-electron chi connectivity index (χ4n) is 3.69. The van der Waals surface area contributed by atoms with Gasteiger partial charge in [-0.05, 0) is 18.9 Å². The van der Waals surface area contributed by atoms with Gasteiger partial charge in [0, 0.05) is 17.4 Å². The molecular weight excluding hydrogens is 384 g/mol. The van der Waals surface area contributed by atoms with E-state index in [4.69, 9.17) is 4.74 Å². The molecule has 0 spiro atoms. The normalized spacial score (nSPS) is 18.8. The van der Waals surface area contributed by atoms with Gasteiger partial charge in [-0.1, -0.05) is 65.9 Å². The largest absolute Gasteiger partial charge is 0.445 e. The fraction of sp³-hybridized carbons (Fsp3) is 0.318. The Kier molecular flexibility index (Phi) is 5.85. The van der Waals surface area contributed by atoms with Crippen LogP contribution in [0.4, 0.5) is 4.79 Å². The van der Waals surface area contributed by atoms with Crippen LogP contribution in [-0.4, -0.2) is 43.8 Å². The van der Waals surface area contributed by atoms with Crippen molar-refractivity contribution < 1.29 is 9.53 Å². The predicted octanol–water partition coefficient (Wildman–Crippen LogP) is 3.96. The molecule has 7 heteroatoms. The number of hydrogen-bond acceptors (Lipinski definition) is 5. The third kappa shape index (κ3) is 4.45. The topological polar surface area (TPSA) is 60.2 Å². The van der Waals surface area contributed by atoms with E-state index < -0.39 is 0 Å². The Morgan fingerprint density at radius 2 is 1.83 bits per heavy atom. The molecule has 1 aliphatic heterocycles. The number of rotatable bonds is 5. The molecule has 0 radical (unpaired) electrons. The van der Waals surface area contributed by atoms with Crippen molar-refractivity contribution in [2.45, 2.75) is 37.8 Å². The Bertz CT molecular complexity index is 961. The first-order valence-electron chi connectivity index (χ1n) is 9.72. The van der Waals surface area contributed by atoms with Crippen LogP contribution in [0.1, 0.15) is 17.7 Å². The first-order chi connectivity index (χ1) is 14.1. The predicted molar refractivity (Wildman–Crippen MR) is 115 cm³/mol. The van der Waals surface area contributed by atoms with Crippen molar-refractivity contribution in [2.75, 3.05) is 6.54 Å². The minimum absolute atomic E-state index is 0.0233. The number of amides is 1. The molecule has 1 fully saturated rings. The zero-order chi connectivity index (χ0) is 20.2. The van der Waals surface area contributed by atoms with Gasteiger partial charge in [0.05, 0.1) is 18.3 Å². The highest BCUT2D eigenvalue weighted by Crippen LogP contribution is 2.26. The molecule has 29 heavy (non-hydrogen) atoms. The van der Waals surface area contributed by atoms with E-state index in [9.17, 15) is 4.79 Å². The lowest BCUT2D eigenvalue weighted by Gasteiger charge is -2.24. The van der Waals surface area contributed by atoms with E-state index in [1.54, 1.807) is 4.90 Å². The lowest BCUT2D eigenvalue weighted by molar-refractivity contribution is 0.0888. The summed E-state index contributed by atoms with van der Waals surface area (Å²) in [6, 6.07) is 19.7. The van der Waals surface area contributed by atoms with Crippen molar-refractivity contribution in [1.29, 1.82) is 0 Å². The lowest BCUT2D eigenvalue weighted by atomic mass is 10.1. The van der Waals surface area contributed by atoms with Crippen molar-refractivity contribution in [2.24, 2.45) is 0 Å². The van der Waals surface area contributed by atoms with E-state index in [1.807, 2.05) is 72.3 Å². The number of thiol groups is 1. The number of carbonyl (C=O) groups is 1. The molecule has 2 aromatic carbocycles. The van der Waals surface area contributed by atoms with Gasteiger partial charge in [0.25, 0.3) is 0 Å². The van der Waals surface area contributed by atoms with Gasteiger partial charge in [-0.3, -0.25) is 0 Å². The van der Waals surface area contributed by atoms with Crippen LogP contribution >= 0.6 is 12.6 Å². The van der Waals surface area contributed by atoms with E-state index in [0.29, 0.717) is 13.1 Å². The van der Waals surface area contributed by atoms with Gasteiger partial charge in [-0.15, -0.1) is 5.10 Å². The summed E-state index contributed by atoms with van der Waals surface area (Å²) in [7, 11) is 0. The Hall–Kier alpha value is -2.80. The molecule has 2 atom stereocenters. The first-order valence-corrected chi connectivity index (χ1v) is 10.2. The maximum atomic E-state index is 12.7. The standard InChI is InChI=1S/C22H24N4O2S/c1-16-21(18-10-6-3-7-11-18)23-24-26(16)13-19-12-20(29)14-25(19)22(27)28-15-17-8-4-2-5-9-17/h2-11,19-20,29H,12-15H2,1H3/t19-,20+/m0/s1. The number of ether oxygens (including phenoxy) is 1. The average Bonchev–Trinajstić information content (AvgIpc) is 3.30. The summed E-state index contributed by atoms with van der Waals surface area (Å²) in [5.41, 5.74) is 3.85. The highest BCUT2D eigenvalue weighted by atomic mass is 32.1. The summed E-state index contributed by atoms with van der Waals surface area (Å²) in [5.74, 6) is 0. The van der Waals surface area contributed by atoms with Crippen molar-refractivity contribution in [1.82, 2.24) is 19.9 Å². The summed E-state index contributed by atoms with van der Waals surface area (Å²) in [4.78, 5) is 14.5. The molecule has 2 heterocycles. The van der Waals surface area contributed by atoms with Gasteiger partial charge < -0.3 is 9.64 Å². The van der Waals surface area contributed by atoms with Crippen LogP contribution < -0.4 is 0 Å². The molecule has 1 saturated heterocycles. The van der Waals surface area contributed by atoms with Gasteiger partial charge in [-0.2, -0.15) is 12.6 Å². The summed E-state index contributed by atoms with van der Waals surface area (Å²) in [5, 5.41) is 8.81. The molecule has 1 aliphatic rings. The highest BCUT2D eigenvalue weighted by molar-refractivity contribution is 7.81. The summed E-state index contributed by atoms with van der Waals surface area (Å²) in [6.07, 6.45) is 0.486. The molecule has 0 bridgehead atoms. The van der Waals surface area contributed by atoms with Crippen molar-refractivity contribution >= 4 is 18.7 Å². The summed E-state index contributed by atoms with van der Waals surface area (Å²) >= 11 is 4.60. The second-order valence-electron chi connectivity index (χ2n) is 7.31. The molecular formula is C22H24N4O2S. The van der Waals surface area contributed by atoms with Crippen LogP contribution in [0.25, 0.3) is 11.3 Å². The second kappa shape index (κ2) is 8.69. The van der Waals surface area contributed by atoms with E-state index in [-0.39, 0.29) is 24.0 Å². The number of carbonyl (C=O) groups excluding carboxylic acids is 1. The smallest absolute Gasteiger partial charge is 0.410 e. The number of aromatic nitrogens is 3. The van der Waals surface area contributed by atoms with Gasteiger partial charge >= 0.3 is 6.09 Å². The molecule has 4 rings (SSSR count). The fourth-order valence-corrected chi connectivity index (χ4v) is 4.11. The van der Waals surface area contributed by atoms with Gasteiger partial charge in [0.2, 0.25) is 0 Å². The van der Waals surface area contributed by atoms with Crippen molar-refractivity contribution in [3.8, 4) is 11.3 Å². The van der Waals surface area contributed by atoms with Crippen LogP contribution in [-0.2, 0) is 17.9 Å². The van der Waals surface area contributed by atoms with Crippen LogP contribution in [0, 0.1) is 6.92 Å². The third-order valence-electron chi connectivity index (χ3n) is 5.25. The molecule has 0 N–H and O–H groups in total. The molecule has 1 aromatic heterocycles. The Labute approximate surface area is 175 Å². The SMILES string of the molecule is Cc1c(-c2ccccc2)nnn1C[C@@H]1C[C@@H](S)CN1C(=O)OCc1ccccc1. The maximum Gasteiger partial charge on any atom is 0.410 e. The number of hydrogen-bond donors (Lipinski definition) is 1. The third-order valence-corrected chi connectivity index (χ3v) is 5.62. The van der Waals surface area contributed by atoms with Crippen LogP contribution in [0.5, 0.6) is 0 Å². The summed E-state index contributed by atoms with van der Waals surface area (Å²) in [6.45, 7) is 3.41. The Morgan fingerprint density at radius 3 is 2.55 bits per heavy atom. The van der Waals surface area contributed by atoms with Crippen LogP contribution in [0.3, 0.4) is 0 Å². The quantitative estimate of drug-likeness (QED) is 0.649. The average molecular weight is 409 g/mol. The van der Waals surface area contributed by atoms with Crippen LogP contribution in [0.2, 0.25) is 0 Å². The Morgan fingerprint density at radius 1 is 1.14 bits per heavy atom. The minimum Gasteiger partial charge on any atom is -0.445 e. The second-order valence-corrected chi connectivity index (χ2v) is 8.04. The molecule has 0 unspecified atom stereocenters. The number of nitrogens with zero attached hydrogens (tertiary/aromatic N) is 4. The molecule has 1 amide bonds. The monoisotopic (exact) mass is 408 g/mol. The number of likely N-dealkylation sites (tertiary alicyclic amines) is 1. The zero-order valence-corrected chi connectivity index (χ0v) is 17.2. The van der Waals surface area contributed by atoms with E-state index in [0.717, 1.165) is 28.9 Å². The molecule has 3 aromatic rings. The molecule has 150 valence electrons. The molecule has 0 aliphatic carbocycles. The van der Waals surface area contributed by atoms with Gasteiger partial charge in [-0.25, -0.2) is 9.48 Å². The summed E-state index contributed by atoms with van der Waals surface area (Å²) < 4.78 is 7.41. The maximum absolute atomic E-state index is 12.7. The van der Waals surface area contributed by atoms with Gasteiger partial charge in [0.1, 0.15) is 12.3 Å². The lowest BCUT2D eigenvalue weighted by Crippen LogP contribution is -2.39. The van der Waals surface area contributed by atoms with E-state index in [2.05, 4.69) is 22.9 Å². The zero-order valence-electron chi connectivity index (χ0n) is 16.3. The van der Waals surface area contributed by atoms with Crippen molar-refractivity contribution in [3.63, 3.8) is 0 Å². The number of benzene rings is 2. The van der Waals surface area contributed by atoms with E-state index in [1.165, 1.54) is 0 Å². The van der Waals surface area contributed by atoms with Crippen LogP contribution in [0.15, 0.2) is 60.7 Å². The van der Waals surface area contributed by atoms with Crippen molar-refractivity contribution in [3.05, 3.63) is 71.9 Å². The van der Waals surface area contributed by atoms with E-state index >= 15 is 0 Å². The molecule has 6 nitrogen and oxygen atoms in total. The first kappa shape index (κ1) is 19.5. The highest BCUT2D eigenvalue weighted by Gasteiger charge is 2.35. The van der Waals surface area contributed by atoms with Gasteiger partial charge in [0.15, 0.2) is 0 Å². The minimum atomic E-state index is -0.309. The Balaban J connectivity index is 1.45.